The van der Waals surface area contributed by atoms with Crippen LogP contribution in [0.5, 0.6) is 0 Å². The first-order chi connectivity index (χ1) is 13.0. The lowest BCUT2D eigenvalue weighted by atomic mass is 10.1. The van der Waals surface area contributed by atoms with Gasteiger partial charge in [-0.2, -0.15) is 0 Å². The normalized spacial score (nSPS) is 10.3. The maximum absolute atomic E-state index is 13.1. The predicted molar refractivity (Wildman–Crippen MR) is 94.1 cm³/mol. The van der Waals surface area contributed by atoms with Crippen molar-refractivity contribution in [3.63, 3.8) is 0 Å². The third-order valence-corrected chi connectivity index (χ3v) is 3.60. The Morgan fingerprint density at radius 3 is 2.41 bits per heavy atom. The minimum atomic E-state index is -0.787. The molecule has 0 radical (unpaired) electrons. The summed E-state index contributed by atoms with van der Waals surface area (Å²) in [4.78, 5) is 35.8. The van der Waals surface area contributed by atoms with Gasteiger partial charge in [0.15, 0.2) is 18.2 Å². The van der Waals surface area contributed by atoms with Crippen molar-refractivity contribution in [3.05, 3.63) is 89.6 Å². The van der Waals surface area contributed by atoms with E-state index in [1.807, 2.05) is 0 Å². The second kappa shape index (κ2) is 8.09. The smallest absolute Gasteiger partial charge is 0.338 e. The van der Waals surface area contributed by atoms with Crippen LogP contribution in [-0.4, -0.2) is 24.3 Å². The summed E-state index contributed by atoms with van der Waals surface area (Å²) in [6, 6.07) is 14.2. The van der Waals surface area contributed by atoms with Gasteiger partial charge in [0.05, 0.1) is 11.8 Å². The van der Waals surface area contributed by atoms with Crippen molar-refractivity contribution in [1.82, 2.24) is 0 Å². The van der Waals surface area contributed by atoms with Crippen molar-refractivity contribution in [2.45, 2.75) is 0 Å². The predicted octanol–water partition coefficient (Wildman–Crippen LogP) is 3.71. The lowest BCUT2D eigenvalue weighted by molar-refractivity contribution is 0.0474. The monoisotopic (exact) mass is 367 g/mol. The summed E-state index contributed by atoms with van der Waals surface area (Å²) in [7, 11) is 0. The molecule has 0 bridgehead atoms. The van der Waals surface area contributed by atoms with Crippen LogP contribution in [0, 0.1) is 5.82 Å². The molecule has 3 rings (SSSR count). The Labute approximate surface area is 153 Å². The number of amides is 1. The topological polar surface area (TPSA) is 85.6 Å². The number of hydrogen-bond donors (Lipinski definition) is 1. The standard InChI is InChI=1S/C20H14FNO5/c21-15-4-1-3-14(11-15)20(25)27-12-17(23)13-6-8-16(9-7-13)22-19(24)18-5-2-10-26-18/h1-11H,12H2,(H,22,24). The second-order valence-corrected chi connectivity index (χ2v) is 5.52. The molecule has 1 heterocycles. The van der Waals surface area contributed by atoms with Crippen LogP contribution >= 0.6 is 0 Å². The first-order valence-electron chi connectivity index (χ1n) is 7.94. The van der Waals surface area contributed by atoms with Gasteiger partial charge in [0.25, 0.3) is 5.91 Å². The molecule has 0 saturated carbocycles. The van der Waals surface area contributed by atoms with Crippen molar-refractivity contribution in [2.75, 3.05) is 11.9 Å². The molecule has 2 aromatic carbocycles. The number of rotatable bonds is 6. The molecule has 1 N–H and O–H groups in total. The van der Waals surface area contributed by atoms with Crippen LogP contribution in [0.25, 0.3) is 0 Å². The highest BCUT2D eigenvalue weighted by atomic mass is 19.1. The number of furan rings is 1. The SMILES string of the molecule is O=C(COC(=O)c1cccc(F)c1)c1ccc(NC(=O)c2ccco2)cc1. The van der Waals surface area contributed by atoms with Crippen molar-refractivity contribution in [1.29, 1.82) is 0 Å². The average Bonchev–Trinajstić information content (AvgIpc) is 3.21. The molecule has 0 atom stereocenters. The van der Waals surface area contributed by atoms with E-state index in [4.69, 9.17) is 9.15 Å². The Morgan fingerprint density at radius 2 is 1.74 bits per heavy atom. The van der Waals surface area contributed by atoms with E-state index < -0.39 is 30.1 Å². The molecule has 1 aromatic heterocycles. The maximum atomic E-state index is 13.1. The van der Waals surface area contributed by atoms with Gasteiger partial charge >= 0.3 is 5.97 Å². The lowest BCUT2D eigenvalue weighted by Gasteiger charge is -2.06. The number of benzene rings is 2. The summed E-state index contributed by atoms with van der Waals surface area (Å²) in [6.45, 7) is -0.479. The fourth-order valence-corrected chi connectivity index (χ4v) is 2.25. The molecular weight excluding hydrogens is 353 g/mol. The second-order valence-electron chi connectivity index (χ2n) is 5.52. The number of carbonyl (C=O) groups excluding carboxylic acids is 3. The van der Waals surface area contributed by atoms with Crippen LogP contribution in [0.15, 0.2) is 71.3 Å². The molecule has 136 valence electrons. The van der Waals surface area contributed by atoms with Crippen molar-refractivity contribution >= 4 is 23.3 Å². The number of hydrogen-bond acceptors (Lipinski definition) is 5. The van der Waals surface area contributed by atoms with Crippen LogP contribution in [0.3, 0.4) is 0 Å². The Hall–Kier alpha value is -3.74. The molecule has 0 spiro atoms. The fraction of sp³-hybridized carbons (Fsp3) is 0.0500. The first kappa shape index (κ1) is 18.1. The zero-order valence-electron chi connectivity index (χ0n) is 14.0. The van der Waals surface area contributed by atoms with E-state index in [0.717, 1.165) is 6.07 Å². The molecule has 0 unspecified atom stereocenters. The first-order valence-corrected chi connectivity index (χ1v) is 7.94. The Balaban J connectivity index is 1.56. The van der Waals surface area contributed by atoms with E-state index in [0.29, 0.717) is 11.3 Å². The van der Waals surface area contributed by atoms with Gasteiger partial charge in [-0.3, -0.25) is 9.59 Å². The molecule has 0 aliphatic rings. The number of halogens is 1. The van der Waals surface area contributed by atoms with E-state index in [-0.39, 0.29) is 11.3 Å². The number of Topliss-reactive ketones (excluding diaryl/α,β-unsaturated/α-hetero) is 1. The van der Waals surface area contributed by atoms with Gasteiger partial charge < -0.3 is 14.5 Å². The quantitative estimate of drug-likeness (QED) is 0.530. The number of anilines is 1. The van der Waals surface area contributed by atoms with Crippen LogP contribution in [-0.2, 0) is 4.74 Å². The minimum Gasteiger partial charge on any atom is -0.459 e. The van der Waals surface area contributed by atoms with Crippen molar-refractivity contribution in [2.24, 2.45) is 0 Å². The van der Waals surface area contributed by atoms with Crippen LogP contribution in [0.4, 0.5) is 10.1 Å². The number of ketones is 1. The number of carbonyl (C=O) groups is 3. The Morgan fingerprint density at radius 1 is 0.963 bits per heavy atom. The fourth-order valence-electron chi connectivity index (χ4n) is 2.25. The van der Waals surface area contributed by atoms with E-state index in [1.54, 1.807) is 18.2 Å². The Kier molecular flexibility index (Phi) is 5.41. The molecule has 1 amide bonds. The van der Waals surface area contributed by atoms with Gasteiger partial charge in [-0.15, -0.1) is 0 Å². The molecule has 0 aliphatic heterocycles. The van der Waals surface area contributed by atoms with Crippen molar-refractivity contribution < 1.29 is 27.9 Å². The lowest BCUT2D eigenvalue weighted by Crippen LogP contribution is -2.15. The molecule has 3 aromatic rings. The molecular formula is C20H14FNO5. The molecule has 0 saturated heterocycles. The van der Waals surface area contributed by atoms with Gasteiger partial charge in [0.2, 0.25) is 0 Å². The zero-order chi connectivity index (χ0) is 19.2. The highest BCUT2D eigenvalue weighted by molar-refractivity contribution is 6.03. The van der Waals surface area contributed by atoms with Crippen molar-refractivity contribution in [3.8, 4) is 0 Å². The third kappa shape index (κ3) is 4.66. The third-order valence-electron chi connectivity index (χ3n) is 3.60. The summed E-state index contributed by atoms with van der Waals surface area (Å²) in [5, 5.41) is 2.62. The highest BCUT2D eigenvalue weighted by Crippen LogP contribution is 2.13. The van der Waals surface area contributed by atoms with E-state index in [1.165, 1.54) is 42.7 Å². The van der Waals surface area contributed by atoms with E-state index in [2.05, 4.69) is 5.32 Å². The van der Waals surface area contributed by atoms with Gasteiger partial charge in [0.1, 0.15) is 5.82 Å². The minimum absolute atomic E-state index is 0.0267. The summed E-state index contributed by atoms with van der Waals surface area (Å²) < 4.78 is 23.0. The molecule has 0 fully saturated rings. The maximum Gasteiger partial charge on any atom is 0.338 e. The van der Waals surface area contributed by atoms with Gasteiger partial charge in [-0.05, 0) is 54.6 Å². The Bertz CT molecular complexity index is 964. The molecule has 7 heteroatoms. The zero-order valence-corrected chi connectivity index (χ0v) is 14.0. The number of esters is 1. The summed E-state index contributed by atoms with van der Waals surface area (Å²) in [6.07, 6.45) is 1.39. The van der Waals surface area contributed by atoms with Crippen LogP contribution in [0.1, 0.15) is 31.3 Å². The average molecular weight is 367 g/mol. The largest absolute Gasteiger partial charge is 0.459 e. The van der Waals surface area contributed by atoms with Gasteiger partial charge in [-0.1, -0.05) is 6.07 Å². The highest BCUT2D eigenvalue weighted by Gasteiger charge is 2.13. The summed E-state index contributed by atoms with van der Waals surface area (Å²) in [5.41, 5.74) is 0.807. The van der Waals surface area contributed by atoms with E-state index >= 15 is 0 Å². The molecule has 0 aliphatic carbocycles. The summed E-state index contributed by atoms with van der Waals surface area (Å²) in [5.74, 6) is -2.03. The summed E-state index contributed by atoms with van der Waals surface area (Å²) >= 11 is 0. The van der Waals surface area contributed by atoms with Gasteiger partial charge in [-0.25, -0.2) is 9.18 Å². The number of ether oxygens (including phenoxy) is 1. The van der Waals surface area contributed by atoms with Gasteiger partial charge in [0, 0.05) is 11.3 Å². The molecule has 6 nitrogen and oxygen atoms in total. The van der Waals surface area contributed by atoms with Crippen LogP contribution in [0.2, 0.25) is 0 Å². The molecule has 27 heavy (non-hydrogen) atoms. The number of nitrogens with one attached hydrogen (secondary N) is 1. The van der Waals surface area contributed by atoms with E-state index in [9.17, 15) is 18.8 Å². The van der Waals surface area contributed by atoms with Crippen LogP contribution < -0.4 is 5.32 Å².